The molecule has 0 aliphatic carbocycles. The molecular weight excluding hydrogens is 240 g/mol. The van der Waals surface area contributed by atoms with Crippen LogP contribution in [0.4, 0.5) is 0 Å². The minimum absolute atomic E-state index is 0.0124. The molecular formula is C12H15ClN2O2. The molecule has 0 bridgehead atoms. The zero-order valence-corrected chi connectivity index (χ0v) is 10.2. The van der Waals surface area contributed by atoms with Crippen molar-refractivity contribution >= 4 is 17.5 Å². The number of nitrogens with two attached hydrogens (primary N) is 1. The van der Waals surface area contributed by atoms with Crippen molar-refractivity contribution in [2.24, 2.45) is 5.73 Å². The molecule has 1 amide bonds. The summed E-state index contributed by atoms with van der Waals surface area (Å²) < 4.78 is 5.18. The van der Waals surface area contributed by atoms with E-state index in [1.54, 1.807) is 4.90 Å². The molecule has 17 heavy (non-hydrogen) atoms. The number of ether oxygens (including phenoxy) is 1. The number of benzene rings is 1. The summed E-state index contributed by atoms with van der Waals surface area (Å²) in [6, 6.07) is 7.43. The van der Waals surface area contributed by atoms with Crippen LogP contribution in [0, 0.1) is 0 Å². The highest BCUT2D eigenvalue weighted by molar-refractivity contribution is 6.30. The number of carbonyl (C=O) groups excluding carboxylic acids is 1. The Morgan fingerprint density at radius 1 is 1.41 bits per heavy atom. The summed E-state index contributed by atoms with van der Waals surface area (Å²) in [6.45, 7) is 1.63. The average Bonchev–Trinajstić information content (AvgIpc) is 2.34. The van der Waals surface area contributed by atoms with Crippen LogP contribution in [0.5, 0.6) is 0 Å². The van der Waals surface area contributed by atoms with Gasteiger partial charge in [0.2, 0.25) is 5.91 Å². The van der Waals surface area contributed by atoms with Crippen molar-refractivity contribution in [2.75, 3.05) is 19.8 Å². The fourth-order valence-electron chi connectivity index (χ4n) is 1.86. The van der Waals surface area contributed by atoms with E-state index in [0.717, 1.165) is 5.56 Å². The van der Waals surface area contributed by atoms with E-state index < -0.39 is 0 Å². The average molecular weight is 255 g/mol. The molecule has 2 N–H and O–H groups in total. The predicted octanol–water partition coefficient (Wildman–Crippen LogP) is 1.03. The molecule has 1 heterocycles. The number of morpholine rings is 1. The molecule has 1 aromatic carbocycles. The molecule has 0 radical (unpaired) electrons. The lowest BCUT2D eigenvalue weighted by Crippen LogP contribution is -2.52. The van der Waals surface area contributed by atoms with E-state index in [-0.39, 0.29) is 18.6 Å². The first-order valence-corrected chi connectivity index (χ1v) is 5.90. The summed E-state index contributed by atoms with van der Waals surface area (Å²) >= 11 is 5.82. The van der Waals surface area contributed by atoms with Crippen molar-refractivity contribution in [1.29, 1.82) is 0 Å². The maximum absolute atomic E-state index is 11.8. The molecule has 2 rings (SSSR count). The quantitative estimate of drug-likeness (QED) is 0.877. The van der Waals surface area contributed by atoms with E-state index in [1.807, 2.05) is 24.3 Å². The van der Waals surface area contributed by atoms with Crippen molar-refractivity contribution in [3.05, 3.63) is 34.9 Å². The van der Waals surface area contributed by atoms with E-state index in [9.17, 15) is 4.79 Å². The van der Waals surface area contributed by atoms with Gasteiger partial charge < -0.3 is 15.4 Å². The van der Waals surface area contributed by atoms with Crippen molar-refractivity contribution in [1.82, 2.24) is 4.90 Å². The molecule has 1 aliphatic heterocycles. The number of hydrogen-bond acceptors (Lipinski definition) is 3. The summed E-state index contributed by atoms with van der Waals surface area (Å²) in [4.78, 5) is 13.5. The van der Waals surface area contributed by atoms with Gasteiger partial charge in [-0.25, -0.2) is 0 Å². The number of halogens is 1. The third kappa shape index (κ3) is 2.97. The van der Waals surface area contributed by atoms with Crippen LogP contribution in [0.1, 0.15) is 5.56 Å². The fraction of sp³-hybridized carbons (Fsp3) is 0.417. The highest BCUT2D eigenvalue weighted by Crippen LogP contribution is 2.15. The predicted molar refractivity (Wildman–Crippen MR) is 65.7 cm³/mol. The van der Waals surface area contributed by atoms with Gasteiger partial charge in [0.1, 0.15) is 6.61 Å². The fourth-order valence-corrected chi connectivity index (χ4v) is 1.98. The normalized spacial score (nSPS) is 20.7. The molecule has 1 unspecified atom stereocenters. The largest absolute Gasteiger partial charge is 0.369 e. The smallest absolute Gasteiger partial charge is 0.249 e. The Hall–Kier alpha value is -1.10. The zero-order chi connectivity index (χ0) is 12.3. The number of hydrogen-bond donors (Lipinski definition) is 1. The highest BCUT2D eigenvalue weighted by atomic mass is 35.5. The summed E-state index contributed by atoms with van der Waals surface area (Å²) in [5, 5.41) is 0.692. The van der Waals surface area contributed by atoms with Crippen LogP contribution in [0.25, 0.3) is 0 Å². The summed E-state index contributed by atoms with van der Waals surface area (Å²) in [7, 11) is 0. The van der Waals surface area contributed by atoms with Crippen molar-refractivity contribution in [3.63, 3.8) is 0 Å². The lowest BCUT2D eigenvalue weighted by Gasteiger charge is -2.34. The minimum atomic E-state index is -0.0353. The molecule has 5 heteroatoms. The van der Waals surface area contributed by atoms with Crippen molar-refractivity contribution in [2.45, 2.75) is 12.6 Å². The maximum Gasteiger partial charge on any atom is 0.249 e. The second-order valence-corrected chi connectivity index (χ2v) is 4.49. The SMILES string of the molecule is NCC1COCC(=O)N1Cc1ccc(Cl)cc1. The van der Waals surface area contributed by atoms with Crippen LogP contribution in [0.2, 0.25) is 5.02 Å². The summed E-state index contributed by atoms with van der Waals surface area (Å²) in [6.07, 6.45) is 0. The van der Waals surface area contributed by atoms with Gasteiger partial charge in [0, 0.05) is 18.1 Å². The molecule has 0 spiro atoms. The summed E-state index contributed by atoms with van der Waals surface area (Å²) in [5.41, 5.74) is 6.68. The molecule has 92 valence electrons. The molecule has 1 saturated heterocycles. The third-order valence-corrected chi connectivity index (χ3v) is 3.09. The van der Waals surface area contributed by atoms with Crippen LogP contribution in [-0.4, -0.2) is 36.6 Å². The standard InChI is InChI=1S/C12H15ClN2O2/c13-10-3-1-9(2-4-10)6-15-11(5-14)7-17-8-12(15)16/h1-4,11H,5-8,14H2. The topological polar surface area (TPSA) is 55.6 Å². The minimum Gasteiger partial charge on any atom is -0.369 e. The molecule has 1 aliphatic rings. The lowest BCUT2D eigenvalue weighted by molar-refractivity contribution is -0.148. The van der Waals surface area contributed by atoms with Gasteiger partial charge in [-0.2, -0.15) is 0 Å². The number of rotatable bonds is 3. The highest BCUT2D eigenvalue weighted by Gasteiger charge is 2.27. The molecule has 1 fully saturated rings. The van der Waals surface area contributed by atoms with Gasteiger partial charge in [0.15, 0.2) is 0 Å². The van der Waals surface area contributed by atoms with Gasteiger partial charge in [0.25, 0.3) is 0 Å². The van der Waals surface area contributed by atoms with E-state index in [4.69, 9.17) is 22.1 Å². The van der Waals surface area contributed by atoms with Gasteiger partial charge in [0.05, 0.1) is 12.6 Å². The van der Waals surface area contributed by atoms with Crippen molar-refractivity contribution in [3.8, 4) is 0 Å². The first-order valence-electron chi connectivity index (χ1n) is 5.52. The Labute approximate surface area is 105 Å². The molecule has 0 aromatic heterocycles. The third-order valence-electron chi connectivity index (χ3n) is 2.84. The zero-order valence-electron chi connectivity index (χ0n) is 9.43. The summed E-state index contributed by atoms with van der Waals surface area (Å²) in [5.74, 6) is -0.0124. The second kappa shape index (κ2) is 5.49. The van der Waals surface area contributed by atoms with Crippen LogP contribution < -0.4 is 5.73 Å². The van der Waals surface area contributed by atoms with Gasteiger partial charge >= 0.3 is 0 Å². The molecule has 4 nitrogen and oxygen atoms in total. The number of amides is 1. The number of carbonyl (C=O) groups is 1. The van der Waals surface area contributed by atoms with E-state index in [2.05, 4.69) is 0 Å². The Balaban J connectivity index is 2.09. The Bertz CT molecular complexity index is 394. The van der Waals surface area contributed by atoms with Gasteiger partial charge in [-0.15, -0.1) is 0 Å². The number of nitrogens with zero attached hydrogens (tertiary/aromatic N) is 1. The first-order chi connectivity index (χ1) is 8.20. The first kappa shape index (κ1) is 12.4. The van der Waals surface area contributed by atoms with E-state index in [0.29, 0.717) is 24.7 Å². The Kier molecular flexibility index (Phi) is 3.99. The lowest BCUT2D eigenvalue weighted by atomic mass is 10.1. The van der Waals surface area contributed by atoms with Gasteiger partial charge in [-0.05, 0) is 17.7 Å². The Morgan fingerprint density at radius 2 is 2.12 bits per heavy atom. The van der Waals surface area contributed by atoms with Crippen molar-refractivity contribution < 1.29 is 9.53 Å². The van der Waals surface area contributed by atoms with Crippen LogP contribution >= 0.6 is 11.6 Å². The maximum atomic E-state index is 11.8. The van der Waals surface area contributed by atoms with Gasteiger partial charge in [-0.3, -0.25) is 4.79 Å². The second-order valence-electron chi connectivity index (χ2n) is 4.05. The van der Waals surface area contributed by atoms with Crippen LogP contribution in [-0.2, 0) is 16.1 Å². The van der Waals surface area contributed by atoms with E-state index in [1.165, 1.54) is 0 Å². The van der Waals surface area contributed by atoms with Gasteiger partial charge in [-0.1, -0.05) is 23.7 Å². The molecule has 1 aromatic rings. The monoisotopic (exact) mass is 254 g/mol. The van der Waals surface area contributed by atoms with Crippen LogP contribution in [0.3, 0.4) is 0 Å². The van der Waals surface area contributed by atoms with Crippen LogP contribution in [0.15, 0.2) is 24.3 Å². The molecule has 1 atom stereocenters. The molecule has 0 saturated carbocycles. The van der Waals surface area contributed by atoms with E-state index >= 15 is 0 Å². The Morgan fingerprint density at radius 3 is 2.76 bits per heavy atom.